The molecule has 0 fully saturated rings. The molecule has 1 aromatic carbocycles. The van der Waals surface area contributed by atoms with Gasteiger partial charge in [0.2, 0.25) is 5.43 Å². The number of aromatic nitrogens is 1. The molecule has 0 saturated heterocycles. The van der Waals surface area contributed by atoms with E-state index >= 15 is 0 Å². The van der Waals surface area contributed by atoms with Crippen LogP contribution in [0.3, 0.4) is 0 Å². The quantitative estimate of drug-likeness (QED) is 0.708. The molecule has 23 heavy (non-hydrogen) atoms. The van der Waals surface area contributed by atoms with Crippen molar-refractivity contribution < 1.29 is 14.3 Å². The second kappa shape index (κ2) is 6.12. The summed E-state index contributed by atoms with van der Waals surface area (Å²) in [5, 5.41) is 10.6. The number of hydrogen-bond acceptors (Lipinski definition) is 4. The van der Waals surface area contributed by atoms with Crippen molar-refractivity contribution in [2.45, 2.75) is 26.2 Å². The predicted molar refractivity (Wildman–Crippen MR) is 86.9 cm³/mol. The van der Waals surface area contributed by atoms with Crippen LogP contribution in [-0.2, 0) is 6.42 Å². The molecule has 118 valence electrons. The Hall–Kier alpha value is -2.82. The Morgan fingerprint density at radius 3 is 2.91 bits per heavy atom. The molecule has 2 N–H and O–H groups in total. The highest BCUT2D eigenvalue weighted by atomic mass is 16.4. The monoisotopic (exact) mass is 311 g/mol. The maximum atomic E-state index is 12.3. The molecule has 0 bridgehead atoms. The van der Waals surface area contributed by atoms with E-state index in [0.717, 1.165) is 29.2 Å². The molecular weight excluding hydrogens is 294 g/mol. The lowest BCUT2D eigenvalue weighted by molar-refractivity contribution is 0.0975. The lowest BCUT2D eigenvalue weighted by Crippen LogP contribution is -2.16. The Kier molecular flexibility index (Phi) is 4.02. The number of H-pyrrole nitrogens is 1. The Bertz CT molecular complexity index is 920. The van der Waals surface area contributed by atoms with E-state index in [0.29, 0.717) is 6.42 Å². The van der Waals surface area contributed by atoms with E-state index in [1.165, 1.54) is 0 Å². The van der Waals surface area contributed by atoms with E-state index in [1.54, 1.807) is 6.92 Å². The molecule has 0 spiro atoms. The van der Waals surface area contributed by atoms with Gasteiger partial charge in [-0.15, -0.1) is 0 Å². The van der Waals surface area contributed by atoms with Gasteiger partial charge in [0.15, 0.2) is 11.5 Å². The van der Waals surface area contributed by atoms with Gasteiger partial charge in [-0.05, 0) is 31.4 Å². The molecule has 0 amide bonds. The second-order valence-corrected chi connectivity index (χ2v) is 5.52. The SMILES string of the molecule is Cc1occ(O)c(=O)c1C(=O)CCCc1c[nH]c2ccccc12. The van der Waals surface area contributed by atoms with Crippen LogP contribution in [-0.4, -0.2) is 15.9 Å². The van der Waals surface area contributed by atoms with Gasteiger partial charge in [0, 0.05) is 23.5 Å². The first-order chi connectivity index (χ1) is 11.1. The minimum atomic E-state index is -0.661. The Morgan fingerprint density at radius 2 is 2.09 bits per heavy atom. The van der Waals surface area contributed by atoms with Crippen molar-refractivity contribution in [3.8, 4) is 5.75 Å². The molecule has 0 aliphatic carbocycles. The maximum Gasteiger partial charge on any atom is 0.237 e. The van der Waals surface area contributed by atoms with Crippen molar-refractivity contribution in [1.82, 2.24) is 4.98 Å². The number of nitrogens with one attached hydrogen (secondary N) is 1. The number of para-hydroxylation sites is 1. The third kappa shape index (κ3) is 2.90. The number of rotatable bonds is 5. The fourth-order valence-electron chi connectivity index (χ4n) is 2.77. The number of aryl methyl sites for hydroxylation is 2. The molecule has 2 heterocycles. The number of benzene rings is 1. The van der Waals surface area contributed by atoms with E-state index in [9.17, 15) is 14.7 Å². The van der Waals surface area contributed by atoms with E-state index in [2.05, 4.69) is 4.98 Å². The Labute approximate surface area is 132 Å². The van der Waals surface area contributed by atoms with Crippen molar-refractivity contribution in [1.29, 1.82) is 0 Å². The van der Waals surface area contributed by atoms with Crippen LogP contribution in [0.5, 0.6) is 5.75 Å². The number of fused-ring (bicyclic) bond motifs is 1. The fraction of sp³-hybridized carbons (Fsp3) is 0.222. The fourth-order valence-corrected chi connectivity index (χ4v) is 2.77. The number of aromatic hydroxyl groups is 1. The maximum absolute atomic E-state index is 12.3. The largest absolute Gasteiger partial charge is 0.502 e. The van der Waals surface area contributed by atoms with Gasteiger partial charge in [0.05, 0.1) is 0 Å². The molecule has 0 atom stereocenters. The summed E-state index contributed by atoms with van der Waals surface area (Å²) in [6.45, 7) is 1.55. The second-order valence-electron chi connectivity index (χ2n) is 5.52. The van der Waals surface area contributed by atoms with Crippen molar-refractivity contribution >= 4 is 16.7 Å². The summed E-state index contributed by atoms with van der Waals surface area (Å²) in [4.78, 5) is 27.3. The number of ketones is 1. The van der Waals surface area contributed by atoms with E-state index in [1.807, 2.05) is 30.5 Å². The minimum absolute atomic E-state index is 0.0519. The van der Waals surface area contributed by atoms with E-state index in [-0.39, 0.29) is 23.5 Å². The van der Waals surface area contributed by atoms with Crippen LogP contribution < -0.4 is 5.43 Å². The van der Waals surface area contributed by atoms with Crippen molar-refractivity contribution in [3.05, 3.63) is 63.8 Å². The summed E-state index contributed by atoms with van der Waals surface area (Å²) < 4.78 is 5.03. The number of carbonyl (C=O) groups is 1. The molecule has 0 unspecified atom stereocenters. The molecule has 3 aromatic rings. The first kappa shape index (κ1) is 15.1. The van der Waals surface area contributed by atoms with Gasteiger partial charge in [-0.25, -0.2) is 0 Å². The van der Waals surface area contributed by atoms with Gasteiger partial charge in [-0.3, -0.25) is 9.59 Å². The minimum Gasteiger partial charge on any atom is -0.502 e. The van der Waals surface area contributed by atoms with Gasteiger partial charge in [-0.1, -0.05) is 18.2 Å². The van der Waals surface area contributed by atoms with Gasteiger partial charge in [0.25, 0.3) is 0 Å². The van der Waals surface area contributed by atoms with Gasteiger partial charge in [-0.2, -0.15) is 0 Å². The number of carbonyl (C=O) groups excluding carboxylic acids is 1. The molecule has 5 heteroatoms. The average molecular weight is 311 g/mol. The number of aromatic amines is 1. The van der Waals surface area contributed by atoms with Crippen LogP contribution in [0.15, 0.2) is 45.9 Å². The molecule has 2 aromatic heterocycles. The highest BCUT2D eigenvalue weighted by molar-refractivity contribution is 5.97. The first-order valence-electron chi connectivity index (χ1n) is 7.47. The number of hydrogen-bond donors (Lipinski definition) is 2. The summed E-state index contributed by atoms with van der Waals surface area (Å²) in [5.74, 6) is -0.590. The standard InChI is InChI=1S/C18H17NO4/c1-11-17(18(22)16(21)10-23-11)15(20)8-4-5-12-9-19-14-7-3-2-6-13(12)14/h2-3,6-7,9-10,19,21H,4-5,8H2,1H3. The Morgan fingerprint density at radius 1 is 1.30 bits per heavy atom. The highest BCUT2D eigenvalue weighted by Crippen LogP contribution is 2.20. The first-order valence-corrected chi connectivity index (χ1v) is 7.47. The van der Waals surface area contributed by atoms with Gasteiger partial charge < -0.3 is 14.5 Å². The summed E-state index contributed by atoms with van der Waals surface area (Å²) in [6.07, 6.45) is 4.49. The normalized spacial score (nSPS) is 11.0. The van der Waals surface area contributed by atoms with Crippen molar-refractivity contribution in [2.75, 3.05) is 0 Å². The van der Waals surface area contributed by atoms with Crippen molar-refractivity contribution in [3.63, 3.8) is 0 Å². The van der Waals surface area contributed by atoms with Gasteiger partial charge in [0.1, 0.15) is 17.6 Å². The van der Waals surface area contributed by atoms with Crippen LogP contribution in [0, 0.1) is 6.92 Å². The molecule has 0 radical (unpaired) electrons. The van der Waals surface area contributed by atoms with Crippen LogP contribution in [0.2, 0.25) is 0 Å². The molecular formula is C18H17NO4. The average Bonchev–Trinajstić information content (AvgIpc) is 2.95. The summed E-state index contributed by atoms with van der Waals surface area (Å²) in [5.41, 5.74) is 1.50. The topological polar surface area (TPSA) is 83.3 Å². The zero-order valence-corrected chi connectivity index (χ0v) is 12.8. The van der Waals surface area contributed by atoms with E-state index in [4.69, 9.17) is 4.42 Å². The van der Waals surface area contributed by atoms with Crippen LogP contribution in [0.25, 0.3) is 10.9 Å². The zero-order valence-electron chi connectivity index (χ0n) is 12.8. The summed E-state index contributed by atoms with van der Waals surface area (Å²) >= 11 is 0. The van der Waals surface area contributed by atoms with Crippen LogP contribution in [0.4, 0.5) is 0 Å². The molecule has 0 saturated carbocycles. The summed E-state index contributed by atoms with van der Waals surface area (Å²) in [7, 11) is 0. The molecule has 0 aliphatic rings. The molecule has 3 rings (SSSR count). The molecule has 0 aliphatic heterocycles. The van der Waals surface area contributed by atoms with E-state index < -0.39 is 11.2 Å². The zero-order chi connectivity index (χ0) is 16.4. The Balaban J connectivity index is 1.71. The molecule has 5 nitrogen and oxygen atoms in total. The third-order valence-corrected chi connectivity index (χ3v) is 3.96. The lowest BCUT2D eigenvalue weighted by atomic mass is 10.0. The van der Waals surface area contributed by atoms with Crippen LogP contribution in [0.1, 0.15) is 34.5 Å². The highest BCUT2D eigenvalue weighted by Gasteiger charge is 2.18. The van der Waals surface area contributed by atoms with Crippen LogP contribution >= 0.6 is 0 Å². The number of Topliss-reactive ketones (excluding diaryl/α,β-unsaturated/α-hetero) is 1. The summed E-state index contributed by atoms with van der Waals surface area (Å²) in [6, 6.07) is 7.99. The van der Waals surface area contributed by atoms with Gasteiger partial charge >= 0.3 is 0 Å². The lowest BCUT2D eigenvalue weighted by Gasteiger charge is -2.04. The third-order valence-electron chi connectivity index (χ3n) is 3.96. The van der Waals surface area contributed by atoms with Crippen molar-refractivity contribution in [2.24, 2.45) is 0 Å². The predicted octanol–water partition coefficient (Wildman–Crippen LogP) is 3.34. The smallest absolute Gasteiger partial charge is 0.237 e.